The van der Waals surface area contributed by atoms with Gasteiger partial charge in [0.15, 0.2) is 0 Å². The Balaban J connectivity index is 3.36. The molecular weight excluding hydrogens is 617 g/mol. The van der Waals surface area contributed by atoms with E-state index in [1.54, 1.807) is 0 Å². The van der Waals surface area contributed by atoms with Gasteiger partial charge in [0, 0.05) is 13.0 Å². The molecule has 0 heterocycles. The summed E-state index contributed by atoms with van der Waals surface area (Å²) in [4.78, 5) is 12.2. The van der Waals surface area contributed by atoms with Gasteiger partial charge in [-0.15, -0.1) is 0 Å². The van der Waals surface area contributed by atoms with Crippen molar-refractivity contribution in [2.75, 3.05) is 19.8 Å². The van der Waals surface area contributed by atoms with E-state index in [1.807, 2.05) is 0 Å². The molecule has 0 bridgehead atoms. The molecule has 294 valence electrons. The van der Waals surface area contributed by atoms with Crippen LogP contribution in [0.4, 0.5) is 0 Å². The largest absolute Gasteiger partial charge is 0.457 e. The van der Waals surface area contributed by atoms with Crippen LogP contribution in [0.5, 0.6) is 0 Å². The Labute approximate surface area is 312 Å². The van der Waals surface area contributed by atoms with E-state index >= 15 is 0 Å². The average Bonchev–Trinajstić information content (AvgIpc) is 3.12. The quantitative estimate of drug-likeness (QED) is 0.0391. The first-order valence-corrected chi connectivity index (χ1v) is 22.1. The fourth-order valence-corrected chi connectivity index (χ4v) is 6.46. The Hall–Kier alpha value is -1.39. The van der Waals surface area contributed by atoms with Gasteiger partial charge in [0.05, 0.1) is 13.2 Å². The highest BCUT2D eigenvalue weighted by atomic mass is 16.6. The highest BCUT2D eigenvalue weighted by molar-refractivity contribution is 5.69. The van der Waals surface area contributed by atoms with Crippen molar-refractivity contribution in [3.8, 4) is 0 Å². The van der Waals surface area contributed by atoms with Crippen molar-refractivity contribution < 1.29 is 19.4 Å². The molecule has 0 saturated carbocycles. The van der Waals surface area contributed by atoms with Gasteiger partial charge in [0.2, 0.25) is 0 Å². The number of carbonyl (C=O) groups excluding carboxylic acids is 1. The monoisotopic (exact) mass is 703 g/mol. The van der Waals surface area contributed by atoms with Crippen LogP contribution in [-0.4, -0.2) is 37.0 Å². The second kappa shape index (κ2) is 43.8. The number of carbonyl (C=O) groups is 1. The number of aliphatic hydroxyl groups is 1. The molecule has 4 heteroatoms. The molecule has 0 amide bonds. The second-order valence-electron chi connectivity index (χ2n) is 14.7. The molecule has 1 N–H and O–H groups in total. The maximum absolute atomic E-state index is 12.2. The third kappa shape index (κ3) is 41.0. The molecule has 0 aromatic carbocycles. The first-order chi connectivity index (χ1) is 24.7. The number of esters is 1. The molecule has 0 aromatic heterocycles. The van der Waals surface area contributed by atoms with Crippen LogP contribution in [0.2, 0.25) is 0 Å². The molecule has 0 radical (unpaired) electrons. The molecule has 1 atom stereocenters. The topological polar surface area (TPSA) is 55.8 Å². The molecule has 0 spiro atoms. The van der Waals surface area contributed by atoms with Gasteiger partial charge < -0.3 is 14.6 Å². The van der Waals surface area contributed by atoms with Crippen molar-refractivity contribution >= 4 is 5.97 Å². The van der Waals surface area contributed by atoms with Crippen LogP contribution in [0, 0.1) is 0 Å². The van der Waals surface area contributed by atoms with Crippen LogP contribution >= 0.6 is 0 Å². The van der Waals surface area contributed by atoms with Crippen molar-refractivity contribution in [1.82, 2.24) is 0 Å². The average molecular weight is 703 g/mol. The third-order valence-electron chi connectivity index (χ3n) is 9.73. The van der Waals surface area contributed by atoms with Gasteiger partial charge in [-0.3, -0.25) is 4.79 Å². The Morgan fingerprint density at radius 1 is 0.500 bits per heavy atom. The van der Waals surface area contributed by atoms with Crippen molar-refractivity contribution in [3.63, 3.8) is 0 Å². The maximum atomic E-state index is 12.2. The molecule has 0 rings (SSSR count). The van der Waals surface area contributed by atoms with Crippen LogP contribution in [0.1, 0.15) is 226 Å². The molecule has 4 nitrogen and oxygen atoms in total. The third-order valence-corrected chi connectivity index (χ3v) is 9.73. The summed E-state index contributed by atoms with van der Waals surface area (Å²) in [6.45, 7) is 5.23. The number of allylic oxidation sites excluding steroid dienone is 6. The zero-order chi connectivity index (χ0) is 36.3. The van der Waals surface area contributed by atoms with E-state index in [0.29, 0.717) is 13.0 Å². The smallest absolute Gasteiger partial charge is 0.306 e. The van der Waals surface area contributed by atoms with Gasteiger partial charge in [0.25, 0.3) is 0 Å². The standard InChI is InChI=1S/C46H86O4/c1-3-5-7-9-11-13-15-17-18-19-20-21-22-23-24-25-26-27-28-30-32-34-36-38-40-42-49-44-45(43-47)50-46(48)41-39-37-35-33-31-29-16-14-12-10-8-6-4-2/h6,8,12,14,29,31,45,47H,3-5,7,9-11,13,15-28,30,32-44H2,1-2H3/b8-6-,14-12-,31-29-. The lowest BCUT2D eigenvalue weighted by Crippen LogP contribution is -2.27. The summed E-state index contributed by atoms with van der Waals surface area (Å²) in [6.07, 6.45) is 55.1. The Kier molecular flexibility index (Phi) is 42.6. The summed E-state index contributed by atoms with van der Waals surface area (Å²) < 4.78 is 11.1. The minimum atomic E-state index is -0.546. The van der Waals surface area contributed by atoms with Crippen molar-refractivity contribution in [2.45, 2.75) is 232 Å². The van der Waals surface area contributed by atoms with Gasteiger partial charge in [-0.2, -0.15) is 0 Å². The van der Waals surface area contributed by atoms with E-state index < -0.39 is 6.10 Å². The van der Waals surface area contributed by atoms with Crippen molar-refractivity contribution in [3.05, 3.63) is 36.5 Å². The van der Waals surface area contributed by atoms with Crippen LogP contribution in [-0.2, 0) is 14.3 Å². The van der Waals surface area contributed by atoms with Gasteiger partial charge in [0.1, 0.15) is 6.10 Å². The summed E-state index contributed by atoms with van der Waals surface area (Å²) in [5.41, 5.74) is 0. The lowest BCUT2D eigenvalue weighted by atomic mass is 10.0. The summed E-state index contributed by atoms with van der Waals surface area (Å²) in [7, 11) is 0. The number of aliphatic hydroxyl groups excluding tert-OH is 1. The fraction of sp³-hybridized carbons (Fsp3) is 0.848. The molecule has 50 heavy (non-hydrogen) atoms. The van der Waals surface area contributed by atoms with E-state index in [2.05, 4.69) is 50.3 Å². The maximum Gasteiger partial charge on any atom is 0.306 e. The second-order valence-corrected chi connectivity index (χ2v) is 14.7. The molecule has 0 aliphatic carbocycles. The summed E-state index contributed by atoms with van der Waals surface area (Å²) in [5, 5.41) is 9.58. The zero-order valence-electron chi connectivity index (χ0n) is 33.7. The van der Waals surface area contributed by atoms with Crippen LogP contribution in [0.3, 0.4) is 0 Å². The summed E-state index contributed by atoms with van der Waals surface area (Å²) >= 11 is 0. The van der Waals surface area contributed by atoms with E-state index in [-0.39, 0.29) is 19.2 Å². The zero-order valence-corrected chi connectivity index (χ0v) is 33.7. The highest BCUT2D eigenvalue weighted by Gasteiger charge is 2.13. The fourth-order valence-electron chi connectivity index (χ4n) is 6.46. The molecule has 0 aliphatic rings. The predicted octanol–water partition coefficient (Wildman–Crippen LogP) is 14.5. The van der Waals surface area contributed by atoms with Crippen LogP contribution in [0.15, 0.2) is 36.5 Å². The molecule has 1 unspecified atom stereocenters. The molecule has 0 saturated heterocycles. The SMILES string of the molecule is CC/C=C\C/C=C\C/C=C\CCCCCC(=O)OC(CO)COCCCCCCCCCCCCCCCCCCCCCCCCCCC. The summed E-state index contributed by atoms with van der Waals surface area (Å²) in [6, 6.07) is 0. The van der Waals surface area contributed by atoms with E-state index in [9.17, 15) is 9.90 Å². The molecule has 0 aromatic rings. The van der Waals surface area contributed by atoms with Crippen molar-refractivity contribution in [2.24, 2.45) is 0 Å². The van der Waals surface area contributed by atoms with Crippen molar-refractivity contribution in [1.29, 1.82) is 0 Å². The minimum Gasteiger partial charge on any atom is -0.457 e. The number of ether oxygens (including phenoxy) is 2. The number of hydrogen-bond acceptors (Lipinski definition) is 4. The molecule has 0 fully saturated rings. The normalized spacial score (nSPS) is 12.6. The Morgan fingerprint density at radius 2 is 0.900 bits per heavy atom. The first kappa shape index (κ1) is 48.6. The van der Waals surface area contributed by atoms with Crippen LogP contribution in [0.25, 0.3) is 0 Å². The summed E-state index contributed by atoms with van der Waals surface area (Å²) in [5.74, 6) is -0.226. The van der Waals surface area contributed by atoms with Gasteiger partial charge >= 0.3 is 5.97 Å². The van der Waals surface area contributed by atoms with Gasteiger partial charge in [-0.05, 0) is 44.9 Å². The highest BCUT2D eigenvalue weighted by Crippen LogP contribution is 2.16. The minimum absolute atomic E-state index is 0.181. The number of rotatable bonds is 41. The molecule has 0 aliphatic heterocycles. The first-order valence-electron chi connectivity index (χ1n) is 22.1. The Bertz CT molecular complexity index is 742. The van der Waals surface area contributed by atoms with Gasteiger partial charge in [-0.1, -0.05) is 211 Å². The van der Waals surface area contributed by atoms with E-state index in [0.717, 1.165) is 51.4 Å². The Morgan fingerprint density at radius 3 is 1.34 bits per heavy atom. The number of hydrogen-bond donors (Lipinski definition) is 1. The van der Waals surface area contributed by atoms with Crippen LogP contribution < -0.4 is 0 Å². The van der Waals surface area contributed by atoms with E-state index in [1.165, 1.54) is 154 Å². The van der Waals surface area contributed by atoms with E-state index in [4.69, 9.17) is 9.47 Å². The lowest BCUT2D eigenvalue weighted by Gasteiger charge is -2.15. The molecular formula is C46H86O4. The lowest BCUT2D eigenvalue weighted by molar-refractivity contribution is -0.154. The predicted molar refractivity (Wildman–Crippen MR) is 219 cm³/mol. The van der Waals surface area contributed by atoms with Gasteiger partial charge in [-0.25, -0.2) is 0 Å². The number of unbranched alkanes of at least 4 members (excludes halogenated alkanes) is 27.